The summed E-state index contributed by atoms with van der Waals surface area (Å²) in [6, 6.07) is 4.48. The Morgan fingerprint density at radius 3 is 2.74 bits per heavy atom. The van der Waals surface area contributed by atoms with Gasteiger partial charge in [-0.3, -0.25) is 0 Å². The third kappa shape index (κ3) is 3.78. The molecule has 102 valence electrons. The Hall–Kier alpha value is -1.39. The smallest absolute Gasteiger partial charge is 0.226 e. The van der Waals surface area contributed by atoms with Crippen LogP contribution in [0.5, 0.6) is 0 Å². The summed E-state index contributed by atoms with van der Waals surface area (Å²) in [5.74, 6) is -0.0898. The first-order chi connectivity index (χ1) is 8.85. The molecular formula is C14H16ClFN2O. The van der Waals surface area contributed by atoms with Crippen LogP contribution in [0.4, 0.5) is 4.39 Å². The van der Waals surface area contributed by atoms with Gasteiger partial charge >= 0.3 is 0 Å². The summed E-state index contributed by atoms with van der Waals surface area (Å²) in [6.07, 6.45) is 1.57. The van der Waals surface area contributed by atoms with Crippen molar-refractivity contribution in [1.29, 1.82) is 0 Å². The summed E-state index contributed by atoms with van der Waals surface area (Å²) in [5, 5.41) is 3.39. The van der Waals surface area contributed by atoms with E-state index in [0.717, 1.165) is 5.69 Å². The number of rotatable bonds is 3. The molecule has 0 amide bonds. The highest BCUT2D eigenvalue weighted by Gasteiger charge is 2.12. The maximum Gasteiger partial charge on any atom is 0.226 e. The Kier molecular flexibility index (Phi) is 3.92. The maximum absolute atomic E-state index is 13.4. The van der Waals surface area contributed by atoms with Gasteiger partial charge in [0, 0.05) is 17.6 Å². The SMILES string of the molecule is CC(C)(C)NCc1coc(-c2ccc(Cl)c(F)c2)n1. The van der Waals surface area contributed by atoms with Gasteiger partial charge in [0.15, 0.2) is 0 Å². The van der Waals surface area contributed by atoms with Gasteiger partial charge in [-0.2, -0.15) is 0 Å². The fourth-order valence-corrected chi connectivity index (χ4v) is 1.62. The number of nitrogens with one attached hydrogen (secondary N) is 1. The molecule has 0 aliphatic rings. The molecule has 1 N–H and O–H groups in total. The Balaban J connectivity index is 2.14. The maximum atomic E-state index is 13.4. The number of benzene rings is 1. The minimum atomic E-state index is -0.480. The van der Waals surface area contributed by atoms with Crippen molar-refractivity contribution < 1.29 is 8.81 Å². The largest absolute Gasteiger partial charge is 0.444 e. The Morgan fingerprint density at radius 1 is 1.37 bits per heavy atom. The van der Waals surface area contributed by atoms with Crippen molar-refractivity contribution >= 4 is 11.6 Å². The summed E-state index contributed by atoms with van der Waals surface area (Å²) in [4.78, 5) is 4.32. The molecule has 0 fully saturated rings. The van der Waals surface area contributed by atoms with Gasteiger partial charge < -0.3 is 9.73 Å². The van der Waals surface area contributed by atoms with E-state index in [4.69, 9.17) is 16.0 Å². The van der Waals surface area contributed by atoms with E-state index in [0.29, 0.717) is 18.0 Å². The van der Waals surface area contributed by atoms with E-state index in [1.807, 2.05) is 0 Å². The summed E-state index contributed by atoms with van der Waals surface area (Å²) in [5.41, 5.74) is 1.36. The lowest BCUT2D eigenvalue weighted by Crippen LogP contribution is -2.35. The lowest BCUT2D eigenvalue weighted by Gasteiger charge is -2.19. The van der Waals surface area contributed by atoms with Gasteiger partial charge in [-0.1, -0.05) is 11.6 Å². The summed E-state index contributed by atoms with van der Waals surface area (Å²) in [6.45, 7) is 6.82. The predicted molar refractivity (Wildman–Crippen MR) is 73.5 cm³/mol. The van der Waals surface area contributed by atoms with Gasteiger partial charge in [0.25, 0.3) is 0 Å². The summed E-state index contributed by atoms with van der Waals surface area (Å²) >= 11 is 5.64. The fraction of sp³-hybridized carbons (Fsp3) is 0.357. The molecule has 0 radical (unpaired) electrons. The number of hydrogen-bond acceptors (Lipinski definition) is 3. The molecule has 5 heteroatoms. The molecule has 0 saturated heterocycles. The number of oxazole rings is 1. The zero-order valence-corrected chi connectivity index (χ0v) is 11.9. The summed E-state index contributed by atoms with van der Waals surface area (Å²) in [7, 11) is 0. The second-order valence-electron chi connectivity index (χ2n) is 5.38. The Labute approximate surface area is 116 Å². The Morgan fingerprint density at radius 2 is 2.11 bits per heavy atom. The normalized spacial score (nSPS) is 11.8. The average molecular weight is 283 g/mol. The van der Waals surface area contributed by atoms with Crippen molar-refractivity contribution in [2.45, 2.75) is 32.9 Å². The Bertz CT molecular complexity index is 575. The molecule has 1 heterocycles. The van der Waals surface area contributed by atoms with E-state index in [1.54, 1.807) is 12.3 Å². The quantitative estimate of drug-likeness (QED) is 0.924. The molecule has 0 aliphatic carbocycles. The van der Waals surface area contributed by atoms with Crippen LogP contribution in [0.2, 0.25) is 5.02 Å². The second kappa shape index (κ2) is 5.31. The molecule has 19 heavy (non-hydrogen) atoms. The van der Waals surface area contributed by atoms with E-state index in [9.17, 15) is 4.39 Å². The first-order valence-corrected chi connectivity index (χ1v) is 6.38. The van der Waals surface area contributed by atoms with Crippen LogP contribution in [0.3, 0.4) is 0 Å². The van der Waals surface area contributed by atoms with Crippen LogP contribution < -0.4 is 5.32 Å². The monoisotopic (exact) mass is 282 g/mol. The van der Waals surface area contributed by atoms with E-state index in [-0.39, 0.29) is 10.6 Å². The number of aromatic nitrogens is 1. The third-order valence-corrected chi connectivity index (χ3v) is 2.82. The van der Waals surface area contributed by atoms with Crippen molar-refractivity contribution in [3.63, 3.8) is 0 Å². The molecular weight excluding hydrogens is 267 g/mol. The zero-order chi connectivity index (χ0) is 14.0. The topological polar surface area (TPSA) is 38.1 Å². The highest BCUT2D eigenvalue weighted by Crippen LogP contribution is 2.23. The standard InChI is InChI=1S/C14H16ClFN2O/c1-14(2,3)17-7-10-8-19-13(18-10)9-4-5-11(15)12(16)6-9/h4-6,8,17H,7H2,1-3H3. The van der Waals surface area contributed by atoms with Gasteiger partial charge in [-0.15, -0.1) is 0 Å². The van der Waals surface area contributed by atoms with Crippen LogP contribution in [-0.2, 0) is 6.54 Å². The van der Waals surface area contributed by atoms with Crippen molar-refractivity contribution in [2.75, 3.05) is 0 Å². The highest BCUT2D eigenvalue weighted by molar-refractivity contribution is 6.30. The molecule has 1 aromatic heterocycles. The van der Waals surface area contributed by atoms with Crippen LogP contribution in [0, 0.1) is 5.82 Å². The van der Waals surface area contributed by atoms with Crippen LogP contribution in [0.25, 0.3) is 11.5 Å². The van der Waals surface area contributed by atoms with Gasteiger partial charge in [0.1, 0.15) is 12.1 Å². The number of hydrogen-bond donors (Lipinski definition) is 1. The van der Waals surface area contributed by atoms with E-state index in [2.05, 4.69) is 31.1 Å². The first-order valence-electron chi connectivity index (χ1n) is 6.00. The average Bonchev–Trinajstić information content (AvgIpc) is 2.78. The van der Waals surface area contributed by atoms with Gasteiger partial charge in [0.05, 0.1) is 10.7 Å². The lowest BCUT2D eigenvalue weighted by molar-refractivity contribution is 0.421. The molecule has 0 aliphatic heterocycles. The van der Waals surface area contributed by atoms with Gasteiger partial charge in [-0.25, -0.2) is 9.37 Å². The lowest BCUT2D eigenvalue weighted by atomic mass is 10.1. The van der Waals surface area contributed by atoms with E-state index >= 15 is 0 Å². The third-order valence-electron chi connectivity index (χ3n) is 2.52. The van der Waals surface area contributed by atoms with Crippen LogP contribution in [-0.4, -0.2) is 10.5 Å². The molecule has 0 atom stereocenters. The number of nitrogens with zero attached hydrogens (tertiary/aromatic N) is 1. The fourth-order valence-electron chi connectivity index (χ4n) is 1.51. The van der Waals surface area contributed by atoms with Gasteiger partial charge in [-0.05, 0) is 39.0 Å². The van der Waals surface area contributed by atoms with Crippen molar-refractivity contribution in [3.8, 4) is 11.5 Å². The van der Waals surface area contributed by atoms with Crippen LogP contribution >= 0.6 is 11.6 Å². The molecule has 0 unspecified atom stereocenters. The molecule has 0 bridgehead atoms. The minimum absolute atomic E-state index is 0.00545. The van der Waals surface area contributed by atoms with Crippen molar-refractivity contribution in [2.24, 2.45) is 0 Å². The van der Waals surface area contributed by atoms with Gasteiger partial charge in [0.2, 0.25) is 5.89 Å². The van der Waals surface area contributed by atoms with Crippen LogP contribution in [0.15, 0.2) is 28.9 Å². The van der Waals surface area contributed by atoms with Crippen molar-refractivity contribution in [3.05, 3.63) is 41.0 Å². The minimum Gasteiger partial charge on any atom is -0.444 e. The van der Waals surface area contributed by atoms with E-state index in [1.165, 1.54) is 12.1 Å². The first kappa shape index (κ1) is 14.0. The molecule has 2 rings (SSSR count). The molecule has 0 spiro atoms. The molecule has 2 aromatic rings. The van der Waals surface area contributed by atoms with E-state index < -0.39 is 5.82 Å². The van der Waals surface area contributed by atoms with Crippen molar-refractivity contribution in [1.82, 2.24) is 10.3 Å². The number of halogens is 2. The van der Waals surface area contributed by atoms with Crippen LogP contribution in [0.1, 0.15) is 26.5 Å². The summed E-state index contributed by atoms with van der Waals surface area (Å²) < 4.78 is 18.7. The molecule has 3 nitrogen and oxygen atoms in total. The molecule has 0 saturated carbocycles. The zero-order valence-electron chi connectivity index (χ0n) is 11.1. The predicted octanol–water partition coefficient (Wildman–Crippen LogP) is 4.02. The molecule has 1 aromatic carbocycles. The highest BCUT2D eigenvalue weighted by atomic mass is 35.5. The second-order valence-corrected chi connectivity index (χ2v) is 5.78.